The molecule has 0 aliphatic rings. The van der Waals surface area contributed by atoms with E-state index in [1.807, 2.05) is 6.92 Å². The number of rotatable bonds is 7. The van der Waals surface area contributed by atoms with Gasteiger partial charge >= 0.3 is 0 Å². The van der Waals surface area contributed by atoms with E-state index in [0.29, 0.717) is 25.3 Å². The van der Waals surface area contributed by atoms with E-state index in [4.69, 9.17) is 0 Å². The SMILES string of the molecule is CCCNc1nc(NCCc2ncn(C)n2)c(F)cc1F. The summed E-state index contributed by atoms with van der Waals surface area (Å²) in [4.78, 5) is 7.99. The van der Waals surface area contributed by atoms with Crippen LogP contribution in [0.2, 0.25) is 0 Å². The lowest BCUT2D eigenvalue weighted by Gasteiger charge is -2.10. The van der Waals surface area contributed by atoms with Crippen LogP contribution in [-0.2, 0) is 13.5 Å². The zero-order valence-electron chi connectivity index (χ0n) is 12.0. The van der Waals surface area contributed by atoms with Gasteiger partial charge in [-0.15, -0.1) is 0 Å². The monoisotopic (exact) mass is 296 g/mol. The molecule has 0 unspecified atom stereocenters. The number of anilines is 2. The summed E-state index contributed by atoms with van der Waals surface area (Å²) >= 11 is 0. The maximum absolute atomic E-state index is 13.7. The molecule has 0 amide bonds. The first-order valence-corrected chi connectivity index (χ1v) is 6.78. The number of hydrogen-bond donors (Lipinski definition) is 2. The summed E-state index contributed by atoms with van der Waals surface area (Å²) < 4.78 is 28.8. The summed E-state index contributed by atoms with van der Waals surface area (Å²) in [6.07, 6.45) is 2.95. The largest absolute Gasteiger partial charge is 0.368 e. The number of nitrogens with one attached hydrogen (secondary N) is 2. The number of aryl methyl sites for hydroxylation is 1. The van der Waals surface area contributed by atoms with Crippen molar-refractivity contribution in [1.82, 2.24) is 19.7 Å². The van der Waals surface area contributed by atoms with Crippen LogP contribution in [0.3, 0.4) is 0 Å². The van der Waals surface area contributed by atoms with Gasteiger partial charge in [-0.1, -0.05) is 6.92 Å². The summed E-state index contributed by atoms with van der Waals surface area (Å²) in [7, 11) is 1.77. The van der Waals surface area contributed by atoms with Crippen molar-refractivity contribution in [2.24, 2.45) is 7.05 Å². The molecule has 0 saturated heterocycles. The lowest BCUT2D eigenvalue weighted by molar-refractivity contribution is 0.577. The smallest absolute Gasteiger partial charge is 0.168 e. The molecule has 0 atom stereocenters. The van der Waals surface area contributed by atoms with Gasteiger partial charge in [0.25, 0.3) is 0 Å². The summed E-state index contributed by atoms with van der Waals surface area (Å²) in [5.41, 5.74) is 0. The highest BCUT2D eigenvalue weighted by Crippen LogP contribution is 2.18. The average molecular weight is 296 g/mol. The van der Waals surface area contributed by atoms with Crippen LogP contribution in [-0.4, -0.2) is 32.8 Å². The van der Waals surface area contributed by atoms with Crippen molar-refractivity contribution >= 4 is 11.6 Å². The van der Waals surface area contributed by atoms with E-state index in [1.165, 1.54) is 0 Å². The van der Waals surface area contributed by atoms with Crippen LogP contribution < -0.4 is 10.6 Å². The number of hydrogen-bond acceptors (Lipinski definition) is 5. The van der Waals surface area contributed by atoms with Crippen molar-refractivity contribution in [1.29, 1.82) is 0 Å². The quantitative estimate of drug-likeness (QED) is 0.817. The van der Waals surface area contributed by atoms with Crippen LogP contribution in [0.15, 0.2) is 12.4 Å². The Hall–Kier alpha value is -2.25. The van der Waals surface area contributed by atoms with Gasteiger partial charge in [0.05, 0.1) is 0 Å². The van der Waals surface area contributed by atoms with Gasteiger partial charge in [-0.05, 0) is 6.42 Å². The van der Waals surface area contributed by atoms with Crippen molar-refractivity contribution in [3.8, 4) is 0 Å². The van der Waals surface area contributed by atoms with E-state index in [0.717, 1.165) is 12.5 Å². The highest BCUT2D eigenvalue weighted by atomic mass is 19.1. The summed E-state index contributed by atoms with van der Waals surface area (Å²) in [6, 6.07) is 0.826. The molecule has 2 N–H and O–H groups in total. The number of aromatic nitrogens is 4. The van der Waals surface area contributed by atoms with Crippen LogP contribution in [0.5, 0.6) is 0 Å². The maximum atomic E-state index is 13.7. The zero-order chi connectivity index (χ0) is 15.2. The van der Waals surface area contributed by atoms with Crippen molar-refractivity contribution < 1.29 is 8.78 Å². The first-order chi connectivity index (χ1) is 10.1. The number of pyridine rings is 1. The van der Waals surface area contributed by atoms with Gasteiger partial charge in [0, 0.05) is 32.6 Å². The van der Waals surface area contributed by atoms with E-state index in [9.17, 15) is 8.78 Å². The molecule has 0 fully saturated rings. The van der Waals surface area contributed by atoms with Crippen molar-refractivity contribution in [3.05, 3.63) is 29.9 Å². The van der Waals surface area contributed by atoms with Crippen molar-refractivity contribution in [2.75, 3.05) is 23.7 Å². The lowest BCUT2D eigenvalue weighted by Crippen LogP contribution is -2.12. The maximum Gasteiger partial charge on any atom is 0.168 e. The Labute approximate surface area is 121 Å². The molecule has 2 aromatic rings. The summed E-state index contributed by atoms with van der Waals surface area (Å²) in [5, 5.41) is 9.77. The zero-order valence-corrected chi connectivity index (χ0v) is 12.0. The molecular weight excluding hydrogens is 278 g/mol. The minimum absolute atomic E-state index is 0.0194. The van der Waals surface area contributed by atoms with Crippen LogP contribution in [0.4, 0.5) is 20.4 Å². The molecular formula is C13H18F2N6. The van der Waals surface area contributed by atoms with E-state index >= 15 is 0 Å². The highest BCUT2D eigenvalue weighted by molar-refractivity contribution is 5.47. The first kappa shape index (κ1) is 15.1. The van der Waals surface area contributed by atoms with Gasteiger partial charge in [0.2, 0.25) is 0 Å². The third-order valence-electron chi connectivity index (χ3n) is 2.76. The van der Waals surface area contributed by atoms with Gasteiger partial charge in [-0.2, -0.15) is 5.10 Å². The molecule has 21 heavy (non-hydrogen) atoms. The molecule has 114 valence electrons. The molecule has 0 radical (unpaired) electrons. The normalized spacial score (nSPS) is 10.7. The standard InChI is InChI=1S/C13H18F2N6/c1-3-5-16-12-9(14)7-10(15)13(19-12)17-6-4-11-18-8-21(2)20-11/h7-8H,3-6H2,1-2H3,(H2,16,17,19). The van der Waals surface area contributed by atoms with Gasteiger partial charge in [0.1, 0.15) is 6.33 Å². The molecule has 0 aromatic carbocycles. The molecule has 0 saturated carbocycles. The lowest BCUT2D eigenvalue weighted by atomic mass is 10.3. The predicted molar refractivity (Wildman–Crippen MR) is 76.1 cm³/mol. The molecule has 2 rings (SSSR count). The minimum atomic E-state index is -0.719. The van der Waals surface area contributed by atoms with E-state index in [2.05, 4.69) is 25.7 Å². The second-order valence-corrected chi connectivity index (χ2v) is 4.59. The Morgan fingerprint density at radius 3 is 2.38 bits per heavy atom. The molecule has 0 spiro atoms. The fraction of sp³-hybridized carbons (Fsp3) is 0.462. The third kappa shape index (κ3) is 4.11. The Balaban J connectivity index is 1.98. The van der Waals surface area contributed by atoms with E-state index < -0.39 is 11.6 Å². The second kappa shape index (κ2) is 6.96. The highest BCUT2D eigenvalue weighted by Gasteiger charge is 2.11. The Bertz CT molecular complexity index is 598. The van der Waals surface area contributed by atoms with Crippen molar-refractivity contribution in [3.63, 3.8) is 0 Å². The van der Waals surface area contributed by atoms with E-state index in [1.54, 1.807) is 18.1 Å². The predicted octanol–water partition coefficient (Wildman–Crippen LogP) is 1.96. The van der Waals surface area contributed by atoms with E-state index in [-0.39, 0.29) is 11.6 Å². The second-order valence-electron chi connectivity index (χ2n) is 4.59. The van der Waals surface area contributed by atoms with Crippen molar-refractivity contribution in [2.45, 2.75) is 19.8 Å². The summed E-state index contributed by atoms with van der Waals surface area (Å²) in [5.74, 6) is -0.694. The van der Waals surface area contributed by atoms with Crippen LogP contribution in [0, 0.1) is 11.6 Å². The Kier molecular flexibility index (Phi) is 5.02. The fourth-order valence-corrected chi connectivity index (χ4v) is 1.75. The average Bonchev–Trinajstić information content (AvgIpc) is 2.85. The number of halogens is 2. The van der Waals surface area contributed by atoms with Gasteiger partial charge < -0.3 is 10.6 Å². The van der Waals surface area contributed by atoms with Crippen LogP contribution in [0.1, 0.15) is 19.2 Å². The molecule has 2 heterocycles. The molecule has 0 bridgehead atoms. The Morgan fingerprint density at radius 1 is 1.14 bits per heavy atom. The molecule has 8 heteroatoms. The van der Waals surface area contributed by atoms with Gasteiger partial charge in [0.15, 0.2) is 29.1 Å². The third-order valence-corrected chi connectivity index (χ3v) is 2.76. The van der Waals surface area contributed by atoms with Crippen LogP contribution >= 0.6 is 0 Å². The van der Waals surface area contributed by atoms with Gasteiger partial charge in [-0.25, -0.2) is 18.7 Å². The summed E-state index contributed by atoms with van der Waals surface area (Å²) in [6.45, 7) is 2.94. The number of nitrogens with zero attached hydrogens (tertiary/aromatic N) is 4. The molecule has 2 aromatic heterocycles. The first-order valence-electron chi connectivity index (χ1n) is 6.78. The fourth-order valence-electron chi connectivity index (χ4n) is 1.75. The van der Waals surface area contributed by atoms with Crippen LogP contribution in [0.25, 0.3) is 0 Å². The Morgan fingerprint density at radius 2 is 1.81 bits per heavy atom. The molecule has 6 nitrogen and oxygen atoms in total. The topological polar surface area (TPSA) is 67.7 Å². The van der Waals surface area contributed by atoms with Gasteiger partial charge in [-0.3, -0.25) is 4.68 Å². The molecule has 0 aliphatic heterocycles. The minimum Gasteiger partial charge on any atom is -0.368 e. The molecule has 0 aliphatic carbocycles.